The molecule has 0 aliphatic carbocycles. The molecule has 4 rings (SSSR count). The van der Waals surface area contributed by atoms with Crippen molar-refractivity contribution in [1.29, 1.82) is 0 Å². The maximum absolute atomic E-state index is 4.13. The first kappa shape index (κ1) is 12.7. The fraction of sp³-hybridized carbons (Fsp3) is 0.389. The van der Waals surface area contributed by atoms with Crippen LogP contribution in [-0.2, 0) is 6.54 Å². The Bertz CT molecular complexity index is 611. The standard InChI is InChI=1S/C18H21N3/c1-2-8-18-20(13-5-1)16-6-3-4-7-17(16)21(18)14-15-9-11-19-12-10-15/h3-4,6-7,9-12,18H,1-2,5,8,13-14H2/t18-/m0/s1. The van der Waals surface area contributed by atoms with E-state index in [0.717, 1.165) is 6.54 Å². The van der Waals surface area contributed by atoms with Crippen molar-refractivity contribution in [2.24, 2.45) is 0 Å². The molecule has 1 aromatic heterocycles. The molecule has 1 saturated heterocycles. The second-order valence-electron chi connectivity index (χ2n) is 6.00. The molecule has 0 amide bonds. The van der Waals surface area contributed by atoms with Gasteiger partial charge in [-0.25, -0.2) is 0 Å². The summed E-state index contributed by atoms with van der Waals surface area (Å²) in [5.41, 5.74) is 4.14. The molecule has 1 fully saturated rings. The first-order valence-electron chi connectivity index (χ1n) is 7.95. The lowest BCUT2D eigenvalue weighted by Crippen LogP contribution is -2.42. The third-order valence-corrected chi connectivity index (χ3v) is 4.68. The van der Waals surface area contributed by atoms with E-state index < -0.39 is 0 Å². The quantitative estimate of drug-likeness (QED) is 0.833. The minimum Gasteiger partial charge on any atom is -0.349 e. The Labute approximate surface area is 126 Å². The summed E-state index contributed by atoms with van der Waals surface area (Å²) in [6.07, 6.45) is 9.58. The van der Waals surface area contributed by atoms with E-state index in [0.29, 0.717) is 6.17 Å². The van der Waals surface area contributed by atoms with Crippen LogP contribution in [0.1, 0.15) is 31.2 Å². The molecular formula is C18H21N3. The average Bonchev–Trinajstić information content (AvgIpc) is 2.69. The van der Waals surface area contributed by atoms with Crippen LogP contribution in [-0.4, -0.2) is 17.7 Å². The van der Waals surface area contributed by atoms with Crippen LogP contribution in [0.4, 0.5) is 11.4 Å². The first-order valence-corrected chi connectivity index (χ1v) is 7.95. The zero-order valence-electron chi connectivity index (χ0n) is 12.3. The molecule has 0 spiro atoms. The predicted molar refractivity (Wildman–Crippen MR) is 86.5 cm³/mol. The van der Waals surface area contributed by atoms with Crippen molar-refractivity contribution in [2.45, 2.75) is 38.4 Å². The minimum absolute atomic E-state index is 0.526. The van der Waals surface area contributed by atoms with Gasteiger partial charge in [0.05, 0.1) is 11.4 Å². The van der Waals surface area contributed by atoms with Gasteiger partial charge in [0.2, 0.25) is 0 Å². The number of hydrogen-bond donors (Lipinski definition) is 0. The lowest BCUT2D eigenvalue weighted by Gasteiger charge is -2.31. The average molecular weight is 279 g/mol. The lowest BCUT2D eigenvalue weighted by atomic mass is 10.1. The normalized spacial score (nSPS) is 20.9. The van der Waals surface area contributed by atoms with Gasteiger partial charge in [-0.05, 0) is 49.1 Å². The van der Waals surface area contributed by atoms with Crippen LogP contribution in [0.3, 0.4) is 0 Å². The Morgan fingerprint density at radius 2 is 1.76 bits per heavy atom. The molecule has 21 heavy (non-hydrogen) atoms. The second kappa shape index (κ2) is 5.40. The Morgan fingerprint density at radius 3 is 2.62 bits per heavy atom. The smallest absolute Gasteiger partial charge is 0.102 e. The van der Waals surface area contributed by atoms with Crippen molar-refractivity contribution >= 4 is 11.4 Å². The van der Waals surface area contributed by atoms with Gasteiger partial charge in [0.15, 0.2) is 0 Å². The fourth-order valence-electron chi connectivity index (χ4n) is 3.68. The Hall–Kier alpha value is -2.03. The summed E-state index contributed by atoms with van der Waals surface area (Å²) in [6, 6.07) is 13.1. The molecule has 0 bridgehead atoms. The number of para-hydroxylation sites is 2. The van der Waals surface area contributed by atoms with Gasteiger partial charge >= 0.3 is 0 Å². The molecule has 0 radical (unpaired) electrons. The summed E-state index contributed by atoms with van der Waals surface area (Å²) in [6.45, 7) is 2.16. The first-order chi connectivity index (χ1) is 10.4. The highest BCUT2D eigenvalue weighted by molar-refractivity contribution is 5.77. The minimum atomic E-state index is 0.526. The van der Waals surface area contributed by atoms with Crippen molar-refractivity contribution in [1.82, 2.24) is 4.98 Å². The summed E-state index contributed by atoms with van der Waals surface area (Å²) in [7, 11) is 0. The Kier molecular flexibility index (Phi) is 3.26. The number of pyridine rings is 1. The number of benzene rings is 1. The molecule has 2 aromatic rings. The molecule has 1 atom stereocenters. The van der Waals surface area contributed by atoms with E-state index in [1.54, 1.807) is 0 Å². The fourth-order valence-corrected chi connectivity index (χ4v) is 3.68. The molecule has 108 valence electrons. The highest BCUT2D eigenvalue weighted by Gasteiger charge is 2.35. The van der Waals surface area contributed by atoms with Gasteiger partial charge in [-0.3, -0.25) is 4.98 Å². The monoisotopic (exact) mass is 279 g/mol. The van der Waals surface area contributed by atoms with E-state index in [2.05, 4.69) is 51.2 Å². The lowest BCUT2D eigenvalue weighted by molar-refractivity contribution is 0.556. The molecule has 2 aliphatic rings. The molecule has 3 nitrogen and oxygen atoms in total. The SMILES string of the molecule is c1ccc2c(c1)N1CCCCC[C@@H]1N2Cc1ccncc1. The number of fused-ring (bicyclic) bond motifs is 3. The van der Waals surface area contributed by atoms with Crippen LogP contribution in [0.2, 0.25) is 0 Å². The van der Waals surface area contributed by atoms with Gasteiger partial charge in [0.1, 0.15) is 6.17 Å². The van der Waals surface area contributed by atoms with Gasteiger partial charge < -0.3 is 9.80 Å². The second-order valence-corrected chi connectivity index (χ2v) is 6.00. The van der Waals surface area contributed by atoms with Crippen molar-refractivity contribution in [3.8, 4) is 0 Å². The van der Waals surface area contributed by atoms with Crippen LogP contribution in [0.5, 0.6) is 0 Å². The molecule has 0 saturated carbocycles. The van der Waals surface area contributed by atoms with E-state index in [9.17, 15) is 0 Å². The van der Waals surface area contributed by atoms with Crippen LogP contribution in [0.15, 0.2) is 48.8 Å². The van der Waals surface area contributed by atoms with Gasteiger partial charge in [-0.15, -0.1) is 0 Å². The van der Waals surface area contributed by atoms with Gasteiger partial charge in [0, 0.05) is 25.5 Å². The van der Waals surface area contributed by atoms with Crippen LogP contribution >= 0.6 is 0 Å². The van der Waals surface area contributed by atoms with Crippen LogP contribution in [0.25, 0.3) is 0 Å². The van der Waals surface area contributed by atoms with Gasteiger partial charge in [-0.2, -0.15) is 0 Å². The van der Waals surface area contributed by atoms with Crippen LogP contribution in [0, 0.1) is 0 Å². The van der Waals surface area contributed by atoms with Gasteiger partial charge in [-0.1, -0.05) is 18.6 Å². The zero-order chi connectivity index (χ0) is 14.1. The summed E-state index contributed by atoms with van der Waals surface area (Å²) in [5.74, 6) is 0. The van der Waals surface area contributed by atoms with Crippen molar-refractivity contribution in [3.05, 3.63) is 54.4 Å². The topological polar surface area (TPSA) is 19.4 Å². The Balaban J connectivity index is 1.70. The predicted octanol–water partition coefficient (Wildman–Crippen LogP) is 3.81. The number of hydrogen-bond acceptors (Lipinski definition) is 3. The highest BCUT2D eigenvalue weighted by Crippen LogP contribution is 2.42. The largest absolute Gasteiger partial charge is 0.349 e. The summed E-state index contributed by atoms with van der Waals surface area (Å²) < 4.78 is 0. The summed E-state index contributed by atoms with van der Waals surface area (Å²) >= 11 is 0. The molecule has 2 aliphatic heterocycles. The molecular weight excluding hydrogens is 258 g/mol. The van der Waals surface area contributed by atoms with E-state index in [-0.39, 0.29) is 0 Å². The molecule has 3 heterocycles. The zero-order valence-corrected chi connectivity index (χ0v) is 12.3. The number of nitrogens with zero attached hydrogens (tertiary/aromatic N) is 3. The van der Waals surface area contributed by atoms with Crippen molar-refractivity contribution in [2.75, 3.05) is 16.3 Å². The molecule has 0 unspecified atom stereocenters. The van der Waals surface area contributed by atoms with Gasteiger partial charge in [0.25, 0.3) is 0 Å². The van der Waals surface area contributed by atoms with E-state index in [1.807, 2.05) is 12.4 Å². The molecule has 1 aromatic carbocycles. The van der Waals surface area contributed by atoms with Crippen molar-refractivity contribution < 1.29 is 0 Å². The number of aromatic nitrogens is 1. The van der Waals surface area contributed by atoms with Crippen molar-refractivity contribution in [3.63, 3.8) is 0 Å². The highest BCUT2D eigenvalue weighted by atomic mass is 15.4. The number of anilines is 2. The maximum Gasteiger partial charge on any atom is 0.102 e. The summed E-state index contributed by atoms with van der Waals surface area (Å²) in [4.78, 5) is 9.33. The number of rotatable bonds is 2. The van der Waals surface area contributed by atoms with E-state index >= 15 is 0 Å². The Morgan fingerprint density at radius 1 is 0.952 bits per heavy atom. The third-order valence-electron chi connectivity index (χ3n) is 4.68. The maximum atomic E-state index is 4.13. The van der Waals surface area contributed by atoms with Crippen LogP contribution < -0.4 is 9.80 Å². The third kappa shape index (κ3) is 2.27. The van der Waals surface area contributed by atoms with E-state index in [1.165, 1.54) is 49.2 Å². The summed E-state index contributed by atoms with van der Waals surface area (Å²) in [5, 5.41) is 0. The molecule has 0 N–H and O–H groups in total. The van der Waals surface area contributed by atoms with E-state index in [4.69, 9.17) is 0 Å². The molecule has 3 heteroatoms.